The number of carbonyl (C=O) groups is 4. The Bertz CT molecular complexity index is 1170. The smallest absolute Gasteiger partial charge is 0.414 e. The molecule has 0 radical (unpaired) electrons. The molecule has 204 valence electrons. The molecule has 0 aliphatic carbocycles. The topological polar surface area (TPSA) is 141 Å². The van der Waals surface area contributed by atoms with E-state index in [1.807, 2.05) is 0 Å². The molecular formula is C28H29N3O8. The number of nitrogens with one attached hydrogen (secondary N) is 3. The van der Waals surface area contributed by atoms with Gasteiger partial charge in [0.05, 0.1) is 6.61 Å². The lowest BCUT2D eigenvalue weighted by Crippen LogP contribution is -2.67. The molecule has 3 N–H and O–H groups in total. The maximum Gasteiger partial charge on any atom is 0.414 e. The number of carbonyl (C=O) groups excluding carboxylic acids is 4. The Hall–Kier alpha value is -5.06. The minimum Gasteiger partial charge on any atom is -0.463 e. The van der Waals surface area contributed by atoms with Crippen LogP contribution in [-0.2, 0) is 9.53 Å². The van der Waals surface area contributed by atoms with Crippen molar-refractivity contribution in [1.82, 2.24) is 16.0 Å². The summed E-state index contributed by atoms with van der Waals surface area (Å²) >= 11 is 0. The quantitative estimate of drug-likeness (QED) is 0.186. The monoisotopic (exact) mass is 535 g/mol. The average molecular weight is 536 g/mol. The number of rotatable bonds is 11. The molecule has 0 saturated carbocycles. The summed E-state index contributed by atoms with van der Waals surface area (Å²) in [5.74, 6) is -0.173. The molecule has 0 atom stereocenters. The highest BCUT2D eigenvalue weighted by atomic mass is 16.6. The number of hydrogen-bond donors (Lipinski definition) is 3. The molecule has 39 heavy (non-hydrogen) atoms. The second-order valence-corrected chi connectivity index (χ2v) is 8.01. The van der Waals surface area contributed by atoms with Gasteiger partial charge in [-0.1, -0.05) is 54.6 Å². The number of hydrogen-bond acceptors (Lipinski definition) is 8. The van der Waals surface area contributed by atoms with Crippen molar-refractivity contribution in [2.75, 3.05) is 13.2 Å². The minimum atomic E-state index is -2.08. The Morgan fingerprint density at radius 3 is 1.46 bits per heavy atom. The van der Waals surface area contributed by atoms with Crippen molar-refractivity contribution in [3.8, 4) is 17.2 Å². The van der Waals surface area contributed by atoms with Crippen LogP contribution in [0.5, 0.6) is 17.2 Å². The second kappa shape index (κ2) is 14.6. The minimum absolute atomic E-state index is 0.0347. The van der Waals surface area contributed by atoms with Crippen molar-refractivity contribution in [3.05, 3.63) is 91.0 Å². The molecule has 0 spiro atoms. The Labute approximate surface area is 225 Å². The van der Waals surface area contributed by atoms with Gasteiger partial charge in [-0.2, -0.15) is 0 Å². The number of amides is 3. The van der Waals surface area contributed by atoms with Crippen LogP contribution in [0.3, 0.4) is 0 Å². The van der Waals surface area contributed by atoms with Gasteiger partial charge >= 0.3 is 24.2 Å². The van der Waals surface area contributed by atoms with Crippen LogP contribution in [0.25, 0.3) is 0 Å². The van der Waals surface area contributed by atoms with E-state index in [0.29, 0.717) is 5.75 Å². The molecule has 0 bridgehead atoms. The first-order valence-corrected chi connectivity index (χ1v) is 12.2. The van der Waals surface area contributed by atoms with Crippen molar-refractivity contribution >= 4 is 24.2 Å². The van der Waals surface area contributed by atoms with Gasteiger partial charge < -0.3 is 24.3 Å². The average Bonchev–Trinajstić information content (AvgIpc) is 2.92. The second-order valence-electron chi connectivity index (χ2n) is 8.01. The molecule has 0 aromatic heterocycles. The fraction of sp³-hybridized carbons (Fsp3) is 0.214. The van der Waals surface area contributed by atoms with E-state index in [2.05, 4.69) is 16.0 Å². The van der Waals surface area contributed by atoms with Crippen LogP contribution in [0.2, 0.25) is 0 Å². The fourth-order valence-corrected chi connectivity index (χ4v) is 3.38. The summed E-state index contributed by atoms with van der Waals surface area (Å²) < 4.78 is 20.9. The van der Waals surface area contributed by atoms with E-state index >= 15 is 0 Å². The molecule has 11 heteroatoms. The van der Waals surface area contributed by atoms with Gasteiger partial charge in [-0.3, -0.25) is 10.6 Å². The molecule has 0 fully saturated rings. The summed E-state index contributed by atoms with van der Waals surface area (Å²) in [7, 11) is 0. The molecule has 0 heterocycles. The first-order chi connectivity index (χ1) is 18.9. The van der Waals surface area contributed by atoms with E-state index in [1.54, 1.807) is 97.9 Å². The highest BCUT2D eigenvalue weighted by Crippen LogP contribution is 2.17. The van der Waals surface area contributed by atoms with Gasteiger partial charge in [-0.25, -0.2) is 19.2 Å². The zero-order chi connectivity index (χ0) is 27.9. The highest BCUT2D eigenvalue weighted by Gasteiger charge is 2.44. The number of ether oxygens (including phenoxy) is 4. The van der Waals surface area contributed by atoms with Gasteiger partial charge in [0.2, 0.25) is 5.66 Å². The number of para-hydroxylation sites is 3. The van der Waals surface area contributed by atoms with E-state index in [4.69, 9.17) is 18.9 Å². The normalized spacial score (nSPS) is 10.5. The molecule has 11 nitrogen and oxygen atoms in total. The fourth-order valence-electron chi connectivity index (χ4n) is 3.38. The number of benzene rings is 3. The van der Waals surface area contributed by atoms with Gasteiger partial charge in [0, 0.05) is 13.0 Å². The molecule has 0 unspecified atom stereocenters. The van der Waals surface area contributed by atoms with E-state index < -0.39 is 29.9 Å². The van der Waals surface area contributed by atoms with Crippen LogP contribution in [0.4, 0.5) is 14.4 Å². The molecule has 0 aliphatic rings. The standard InChI is InChI=1S/C28H29N3O8/c1-2-36-24(32)28(30-26(34)38-22-15-8-4-9-16-22,31-27(35)39-23-17-10-5-11-18-23)19-12-20-29-25(33)37-21-13-6-3-7-14-21/h3-11,13-18H,2,12,19-20H2,1H3,(H,29,33)(H,30,34)(H,31,35). The lowest BCUT2D eigenvalue weighted by Gasteiger charge is -2.32. The molecule has 0 saturated heterocycles. The van der Waals surface area contributed by atoms with Crippen LogP contribution >= 0.6 is 0 Å². The molecular weight excluding hydrogens is 506 g/mol. The first kappa shape index (κ1) is 28.5. The van der Waals surface area contributed by atoms with Crippen molar-refractivity contribution < 1.29 is 38.1 Å². The summed E-state index contributed by atoms with van der Waals surface area (Å²) in [6, 6.07) is 24.8. The molecule has 3 rings (SSSR count). The Balaban J connectivity index is 1.73. The van der Waals surface area contributed by atoms with Crippen molar-refractivity contribution in [2.24, 2.45) is 0 Å². The molecule has 0 aliphatic heterocycles. The highest BCUT2D eigenvalue weighted by molar-refractivity contribution is 5.90. The summed E-state index contributed by atoms with van der Waals surface area (Å²) in [5, 5.41) is 7.39. The van der Waals surface area contributed by atoms with Crippen LogP contribution < -0.4 is 30.2 Å². The summed E-state index contributed by atoms with van der Waals surface area (Å²) in [6.07, 6.45) is -2.84. The largest absolute Gasteiger partial charge is 0.463 e. The van der Waals surface area contributed by atoms with Crippen LogP contribution in [0, 0.1) is 0 Å². The summed E-state index contributed by atoms with van der Waals surface area (Å²) in [6.45, 7) is 1.58. The van der Waals surface area contributed by atoms with Crippen molar-refractivity contribution in [2.45, 2.75) is 25.4 Å². The van der Waals surface area contributed by atoms with E-state index in [1.165, 1.54) is 0 Å². The van der Waals surface area contributed by atoms with E-state index in [9.17, 15) is 19.2 Å². The van der Waals surface area contributed by atoms with Gasteiger partial charge in [-0.15, -0.1) is 0 Å². The first-order valence-electron chi connectivity index (χ1n) is 12.2. The third-order valence-corrected chi connectivity index (χ3v) is 5.11. The third kappa shape index (κ3) is 9.39. The van der Waals surface area contributed by atoms with Crippen molar-refractivity contribution in [1.29, 1.82) is 0 Å². The number of esters is 1. The maximum atomic E-state index is 13.1. The lowest BCUT2D eigenvalue weighted by atomic mass is 10.0. The molecule has 3 aromatic rings. The third-order valence-electron chi connectivity index (χ3n) is 5.11. The SMILES string of the molecule is CCOC(=O)C(CCCNC(=O)Oc1ccccc1)(NC(=O)Oc1ccccc1)NC(=O)Oc1ccccc1. The summed E-state index contributed by atoms with van der Waals surface area (Å²) in [4.78, 5) is 50.9. The zero-order valence-corrected chi connectivity index (χ0v) is 21.3. The molecule has 3 amide bonds. The van der Waals surface area contributed by atoms with Crippen LogP contribution in [-0.4, -0.2) is 43.1 Å². The predicted molar refractivity (Wildman–Crippen MR) is 140 cm³/mol. The van der Waals surface area contributed by atoms with Crippen molar-refractivity contribution in [3.63, 3.8) is 0 Å². The van der Waals surface area contributed by atoms with E-state index in [-0.39, 0.29) is 37.5 Å². The van der Waals surface area contributed by atoms with Crippen LogP contribution in [0.1, 0.15) is 19.8 Å². The predicted octanol–water partition coefficient (Wildman–Crippen LogP) is 4.39. The van der Waals surface area contributed by atoms with E-state index in [0.717, 1.165) is 0 Å². The lowest BCUT2D eigenvalue weighted by molar-refractivity contribution is -0.152. The Kier molecular flexibility index (Phi) is 10.7. The Morgan fingerprint density at radius 1 is 0.641 bits per heavy atom. The van der Waals surface area contributed by atoms with Gasteiger partial charge in [0.15, 0.2) is 0 Å². The van der Waals surface area contributed by atoms with Gasteiger partial charge in [0.25, 0.3) is 0 Å². The van der Waals surface area contributed by atoms with Gasteiger partial charge in [0.1, 0.15) is 17.2 Å². The molecule has 3 aromatic carbocycles. The van der Waals surface area contributed by atoms with Crippen LogP contribution in [0.15, 0.2) is 91.0 Å². The summed E-state index contributed by atoms with van der Waals surface area (Å²) in [5.41, 5.74) is -2.08. The maximum absolute atomic E-state index is 13.1. The Morgan fingerprint density at radius 2 is 1.05 bits per heavy atom. The van der Waals surface area contributed by atoms with Gasteiger partial charge in [-0.05, 0) is 49.7 Å². The zero-order valence-electron chi connectivity index (χ0n) is 21.3.